The lowest BCUT2D eigenvalue weighted by molar-refractivity contribution is 0.202. The molecule has 0 rings (SSSR count). The van der Waals surface area contributed by atoms with Crippen molar-refractivity contribution in [3.05, 3.63) is 0 Å². The maximum absolute atomic E-state index is 3.51. The molecular weight excluding hydrogens is 216 g/mol. The summed E-state index contributed by atoms with van der Waals surface area (Å²) in [5.74, 6) is 1.22. The second kappa shape index (κ2) is 11.7. The Morgan fingerprint density at radius 2 is 1.94 bits per heavy atom. The average Bonchev–Trinajstić information content (AvgIpc) is 2.31. The third kappa shape index (κ3) is 8.43. The Kier molecular flexibility index (Phi) is 11.9. The minimum absolute atomic E-state index is 0.730. The molecule has 1 atom stereocenters. The molecule has 0 aromatic heterocycles. The Morgan fingerprint density at radius 1 is 1.19 bits per heavy atom. The Hall–Kier alpha value is 0.270. The summed E-state index contributed by atoms with van der Waals surface area (Å²) >= 11 is 1.91. The lowest BCUT2D eigenvalue weighted by Gasteiger charge is -2.28. The number of nitrogens with zero attached hydrogens (tertiary/aromatic N) is 1. The summed E-state index contributed by atoms with van der Waals surface area (Å²) in [7, 11) is 0. The van der Waals surface area contributed by atoms with Crippen LogP contribution in [0.5, 0.6) is 0 Å². The van der Waals surface area contributed by atoms with Gasteiger partial charge in [-0.25, -0.2) is 0 Å². The smallest absolute Gasteiger partial charge is 0.0110 e. The van der Waals surface area contributed by atoms with Crippen LogP contribution in [0.3, 0.4) is 0 Å². The zero-order valence-corrected chi connectivity index (χ0v) is 12.4. The van der Waals surface area contributed by atoms with Gasteiger partial charge in [0, 0.05) is 31.4 Å². The lowest BCUT2D eigenvalue weighted by atomic mass is 10.2. The third-order valence-electron chi connectivity index (χ3n) is 3.07. The Bertz CT molecular complexity index is 142. The number of rotatable bonds is 11. The topological polar surface area (TPSA) is 15.3 Å². The molecule has 98 valence electrons. The first-order chi connectivity index (χ1) is 7.76. The monoisotopic (exact) mass is 246 g/mol. The molecule has 0 fully saturated rings. The molecule has 0 aliphatic carbocycles. The maximum atomic E-state index is 3.51. The van der Waals surface area contributed by atoms with Gasteiger partial charge in [-0.1, -0.05) is 20.3 Å². The van der Waals surface area contributed by atoms with Crippen LogP contribution in [0.1, 0.15) is 40.0 Å². The molecular formula is C13H30N2S. The molecule has 0 saturated carbocycles. The van der Waals surface area contributed by atoms with E-state index in [0.29, 0.717) is 0 Å². The van der Waals surface area contributed by atoms with E-state index in [9.17, 15) is 0 Å². The number of hydrogen-bond donors (Lipinski definition) is 1. The lowest BCUT2D eigenvalue weighted by Crippen LogP contribution is -2.39. The molecule has 0 saturated heterocycles. The van der Waals surface area contributed by atoms with E-state index in [-0.39, 0.29) is 0 Å². The summed E-state index contributed by atoms with van der Waals surface area (Å²) in [5, 5.41) is 3.51. The first kappa shape index (κ1) is 16.3. The number of thioether (sulfide) groups is 1. The maximum Gasteiger partial charge on any atom is 0.0110 e. The van der Waals surface area contributed by atoms with Crippen LogP contribution in [0.2, 0.25) is 0 Å². The van der Waals surface area contributed by atoms with E-state index in [2.05, 4.69) is 37.2 Å². The van der Waals surface area contributed by atoms with Crippen molar-refractivity contribution < 1.29 is 0 Å². The van der Waals surface area contributed by atoms with E-state index in [1.54, 1.807) is 0 Å². The summed E-state index contributed by atoms with van der Waals surface area (Å²) in [6.07, 6.45) is 6.05. The molecule has 0 bridgehead atoms. The van der Waals surface area contributed by atoms with E-state index in [1.807, 2.05) is 11.8 Å². The molecule has 0 aromatic carbocycles. The molecule has 0 aliphatic rings. The first-order valence-corrected chi connectivity index (χ1v) is 8.09. The fourth-order valence-electron chi connectivity index (χ4n) is 1.69. The van der Waals surface area contributed by atoms with Gasteiger partial charge in [0.05, 0.1) is 0 Å². The molecule has 0 heterocycles. The van der Waals surface area contributed by atoms with E-state index >= 15 is 0 Å². The van der Waals surface area contributed by atoms with E-state index in [1.165, 1.54) is 38.1 Å². The minimum Gasteiger partial charge on any atom is -0.315 e. The van der Waals surface area contributed by atoms with Crippen molar-refractivity contribution in [1.29, 1.82) is 0 Å². The van der Waals surface area contributed by atoms with Crippen LogP contribution in [0.15, 0.2) is 0 Å². The van der Waals surface area contributed by atoms with Crippen molar-refractivity contribution in [2.24, 2.45) is 0 Å². The molecule has 0 radical (unpaired) electrons. The van der Waals surface area contributed by atoms with Crippen molar-refractivity contribution in [3.8, 4) is 0 Å². The fourth-order valence-corrected chi connectivity index (χ4v) is 2.04. The first-order valence-electron chi connectivity index (χ1n) is 6.69. The highest BCUT2D eigenvalue weighted by Crippen LogP contribution is 2.04. The van der Waals surface area contributed by atoms with Gasteiger partial charge in [0.15, 0.2) is 0 Å². The Balaban J connectivity index is 3.65. The van der Waals surface area contributed by atoms with Crippen LogP contribution in [0.25, 0.3) is 0 Å². The molecule has 16 heavy (non-hydrogen) atoms. The fraction of sp³-hybridized carbons (Fsp3) is 1.00. The zero-order valence-electron chi connectivity index (χ0n) is 11.6. The van der Waals surface area contributed by atoms with Gasteiger partial charge in [-0.3, -0.25) is 4.90 Å². The number of unbranched alkanes of at least 4 members (excludes halogenated alkanes) is 1. The van der Waals surface area contributed by atoms with Gasteiger partial charge in [0.2, 0.25) is 0 Å². The van der Waals surface area contributed by atoms with Gasteiger partial charge in [-0.2, -0.15) is 11.8 Å². The molecule has 0 amide bonds. The van der Waals surface area contributed by atoms with Crippen LogP contribution >= 0.6 is 11.8 Å². The van der Waals surface area contributed by atoms with Crippen molar-refractivity contribution in [2.45, 2.75) is 46.1 Å². The number of hydrogen-bond acceptors (Lipinski definition) is 3. The predicted octanol–water partition coefficient (Wildman–Crippen LogP) is 2.84. The molecule has 0 aromatic rings. The Labute approximate surface area is 107 Å². The van der Waals surface area contributed by atoms with E-state index < -0.39 is 0 Å². The molecule has 2 nitrogen and oxygen atoms in total. The third-order valence-corrected chi connectivity index (χ3v) is 3.68. The molecule has 3 heteroatoms. The van der Waals surface area contributed by atoms with Crippen molar-refractivity contribution in [2.75, 3.05) is 38.2 Å². The molecule has 1 unspecified atom stereocenters. The SMILES string of the molecule is CCCCN(CCNCCSC)C(C)CC. The van der Waals surface area contributed by atoms with Gasteiger partial charge >= 0.3 is 0 Å². The summed E-state index contributed by atoms with van der Waals surface area (Å²) < 4.78 is 0. The summed E-state index contributed by atoms with van der Waals surface area (Å²) in [6, 6.07) is 0.730. The summed E-state index contributed by atoms with van der Waals surface area (Å²) in [6.45, 7) is 11.6. The highest BCUT2D eigenvalue weighted by molar-refractivity contribution is 7.98. The summed E-state index contributed by atoms with van der Waals surface area (Å²) in [5.41, 5.74) is 0. The standard InChI is InChI=1S/C13H30N2S/c1-5-7-10-15(13(3)6-2)11-8-14-9-12-16-4/h13-14H,5-12H2,1-4H3. The van der Waals surface area contributed by atoms with Crippen LogP contribution < -0.4 is 5.32 Å². The summed E-state index contributed by atoms with van der Waals surface area (Å²) in [4.78, 5) is 2.62. The van der Waals surface area contributed by atoms with Gasteiger partial charge in [-0.15, -0.1) is 0 Å². The second-order valence-corrected chi connectivity index (χ2v) is 5.38. The normalized spacial score (nSPS) is 13.3. The molecule has 0 spiro atoms. The molecule has 0 aliphatic heterocycles. The Morgan fingerprint density at radius 3 is 2.50 bits per heavy atom. The highest BCUT2D eigenvalue weighted by Gasteiger charge is 2.10. The quantitative estimate of drug-likeness (QED) is 0.564. The minimum atomic E-state index is 0.730. The van der Waals surface area contributed by atoms with Gasteiger partial charge in [0.25, 0.3) is 0 Å². The van der Waals surface area contributed by atoms with Crippen molar-refractivity contribution in [3.63, 3.8) is 0 Å². The van der Waals surface area contributed by atoms with Crippen molar-refractivity contribution >= 4 is 11.8 Å². The molecule has 1 N–H and O–H groups in total. The van der Waals surface area contributed by atoms with Gasteiger partial charge < -0.3 is 5.32 Å². The van der Waals surface area contributed by atoms with Gasteiger partial charge in [-0.05, 0) is 32.6 Å². The average molecular weight is 246 g/mol. The van der Waals surface area contributed by atoms with E-state index in [4.69, 9.17) is 0 Å². The van der Waals surface area contributed by atoms with Crippen LogP contribution in [-0.2, 0) is 0 Å². The highest BCUT2D eigenvalue weighted by atomic mass is 32.2. The van der Waals surface area contributed by atoms with E-state index in [0.717, 1.165) is 19.1 Å². The zero-order chi connectivity index (χ0) is 12.2. The largest absolute Gasteiger partial charge is 0.315 e. The second-order valence-electron chi connectivity index (χ2n) is 4.39. The van der Waals surface area contributed by atoms with Gasteiger partial charge in [0.1, 0.15) is 0 Å². The predicted molar refractivity (Wildman–Crippen MR) is 77.5 cm³/mol. The van der Waals surface area contributed by atoms with Crippen LogP contribution in [0, 0.1) is 0 Å². The van der Waals surface area contributed by atoms with Crippen LogP contribution in [-0.4, -0.2) is 49.1 Å². The van der Waals surface area contributed by atoms with Crippen LogP contribution in [0.4, 0.5) is 0 Å². The number of nitrogens with one attached hydrogen (secondary N) is 1. The van der Waals surface area contributed by atoms with Crippen molar-refractivity contribution in [1.82, 2.24) is 10.2 Å².